The van der Waals surface area contributed by atoms with E-state index >= 15 is 0 Å². The van der Waals surface area contributed by atoms with Crippen molar-refractivity contribution in [2.75, 3.05) is 25.5 Å². The van der Waals surface area contributed by atoms with Gasteiger partial charge >= 0.3 is 0 Å². The first-order valence-corrected chi connectivity index (χ1v) is 11.4. The molecule has 4 rings (SSSR count). The normalized spacial score (nSPS) is 15.9. The topological polar surface area (TPSA) is 97.6 Å². The van der Waals surface area contributed by atoms with Gasteiger partial charge in [0.15, 0.2) is 0 Å². The van der Waals surface area contributed by atoms with Gasteiger partial charge in [-0.3, -0.25) is 9.59 Å². The summed E-state index contributed by atoms with van der Waals surface area (Å²) in [6, 6.07) is 14.9. The highest BCUT2D eigenvalue weighted by Gasteiger charge is 2.28. The molecule has 0 radical (unpaired) electrons. The lowest BCUT2D eigenvalue weighted by Crippen LogP contribution is -2.38. The van der Waals surface area contributed by atoms with Gasteiger partial charge in [0.1, 0.15) is 5.75 Å². The van der Waals surface area contributed by atoms with Crippen LogP contribution in [0.25, 0.3) is 17.5 Å². The summed E-state index contributed by atoms with van der Waals surface area (Å²) in [4.78, 5) is 30.9. The van der Waals surface area contributed by atoms with Crippen molar-refractivity contribution in [1.29, 1.82) is 0 Å². The van der Waals surface area contributed by atoms with Gasteiger partial charge in [0.2, 0.25) is 23.5 Å². The summed E-state index contributed by atoms with van der Waals surface area (Å²) in [5, 5.41) is 6.97. The molecule has 8 heteroatoms. The maximum absolute atomic E-state index is 12.8. The molecule has 1 atom stereocenters. The molecule has 3 aromatic rings. The third-order valence-corrected chi connectivity index (χ3v) is 5.79. The van der Waals surface area contributed by atoms with Crippen molar-refractivity contribution in [2.24, 2.45) is 0 Å². The van der Waals surface area contributed by atoms with Gasteiger partial charge < -0.3 is 19.5 Å². The second-order valence-electron chi connectivity index (χ2n) is 8.14. The van der Waals surface area contributed by atoms with E-state index in [2.05, 4.69) is 15.5 Å². The fraction of sp³-hybridized carbons (Fsp3) is 0.308. The minimum absolute atomic E-state index is 0.0263. The molecule has 2 aromatic carbocycles. The SMILES string of the molecule is CCC(=O)Nc1cccc(-c2noc([C@H]3CCCN(C(=O)/C=C/c4ccccc4OC)C3)n2)c1. The number of methoxy groups -OCH3 is 1. The highest BCUT2D eigenvalue weighted by atomic mass is 16.5. The monoisotopic (exact) mass is 460 g/mol. The Labute approximate surface area is 198 Å². The maximum atomic E-state index is 12.8. The van der Waals surface area contributed by atoms with Crippen LogP contribution in [0.4, 0.5) is 5.69 Å². The Morgan fingerprint density at radius 3 is 2.91 bits per heavy atom. The molecular formula is C26H28N4O4. The number of likely N-dealkylation sites (tertiary alicyclic amines) is 1. The number of hydrogen-bond acceptors (Lipinski definition) is 6. The number of amides is 2. The Morgan fingerprint density at radius 1 is 1.24 bits per heavy atom. The third kappa shape index (κ3) is 5.51. The lowest BCUT2D eigenvalue weighted by atomic mass is 9.98. The predicted octanol–water partition coefficient (Wildman–Crippen LogP) is 4.51. The lowest BCUT2D eigenvalue weighted by Gasteiger charge is -2.30. The number of piperidine rings is 1. The molecule has 1 N–H and O–H groups in total. The van der Waals surface area contributed by atoms with E-state index in [4.69, 9.17) is 9.26 Å². The van der Waals surface area contributed by atoms with Crippen LogP contribution in [-0.2, 0) is 9.59 Å². The molecule has 8 nitrogen and oxygen atoms in total. The van der Waals surface area contributed by atoms with Gasteiger partial charge in [-0.1, -0.05) is 42.4 Å². The largest absolute Gasteiger partial charge is 0.496 e. The van der Waals surface area contributed by atoms with Gasteiger partial charge in [-0.2, -0.15) is 4.98 Å². The average Bonchev–Trinajstić information content (AvgIpc) is 3.38. The molecule has 176 valence electrons. The minimum Gasteiger partial charge on any atom is -0.496 e. The smallest absolute Gasteiger partial charge is 0.246 e. The molecule has 0 aliphatic carbocycles. The van der Waals surface area contributed by atoms with Crippen molar-refractivity contribution < 1.29 is 18.8 Å². The molecule has 0 spiro atoms. The van der Waals surface area contributed by atoms with Crippen molar-refractivity contribution >= 4 is 23.6 Å². The standard InChI is InChI=1S/C26H28N4O4/c1-3-23(31)27-21-11-6-9-19(16-21)25-28-26(34-29-25)20-10-7-15-30(17-20)24(32)14-13-18-8-4-5-12-22(18)33-2/h4-6,8-9,11-14,16,20H,3,7,10,15,17H2,1-2H3,(H,27,31)/b14-13+/t20-/m0/s1. The average molecular weight is 461 g/mol. The number of carbonyl (C=O) groups excluding carboxylic acids is 2. The number of benzene rings is 2. The van der Waals surface area contributed by atoms with Crippen molar-refractivity contribution in [3.63, 3.8) is 0 Å². The number of rotatable bonds is 7. The third-order valence-electron chi connectivity index (χ3n) is 5.79. The Kier molecular flexibility index (Phi) is 7.37. The van der Waals surface area contributed by atoms with Gasteiger partial charge in [-0.15, -0.1) is 0 Å². The molecule has 2 heterocycles. The van der Waals surface area contributed by atoms with Gasteiger partial charge in [-0.05, 0) is 37.1 Å². The number of anilines is 1. The molecular weight excluding hydrogens is 432 g/mol. The minimum atomic E-state index is -0.0605. The maximum Gasteiger partial charge on any atom is 0.246 e. The van der Waals surface area contributed by atoms with E-state index in [1.54, 1.807) is 26.2 Å². The number of para-hydroxylation sites is 1. The number of ether oxygens (including phenoxy) is 1. The summed E-state index contributed by atoms with van der Waals surface area (Å²) < 4.78 is 10.9. The summed E-state index contributed by atoms with van der Waals surface area (Å²) in [6.45, 7) is 3.01. The van der Waals surface area contributed by atoms with Crippen molar-refractivity contribution in [2.45, 2.75) is 32.1 Å². The molecule has 1 fully saturated rings. The van der Waals surface area contributed by atoms with Crippen LogP contribution in [0.5, 0.6) is 5.75 Å². The summed E-state index contributed by atoms with van der Waals surface area (Å²) in [5.41, 5.74) is 2.30. The van der Waals surface area contributed by atoms with Crippen LogP contribution in [0.15, 0.2) is 59.1 Å². The van der Waals surface area contributed by atoms with E-state index in [0.717, 1.165) is 29.7 Å². The first-order valence-electron chi connectivity index (χ1n) is 11.4. The lowest BCUT2D eigenvalue weighted by molar-refractivity contribution is -0.127. The fourth-order valence-corrected chi connectivity index (χ4v) is 3.95. The molecule has 1 aliphatic rings. The Bertz CT molecular complexity index is 1190. The number of nitrogens with zero attached hydrogens (tertiary/aromatic N) is 3. The van der Waals surface area contributed by atoms with Gasteiger partial charge in [0.25, 0.3) is 0 Å². The van der Waals surface area contributed by atoms with E-state index in [9.17, 15) is 9.59 Å². The van der Waals surface area contributed by atoms with Crippen LogP contribution in [0, 0.1) is 0 Å². The zero-order valence-electron chi connectivity index (χ0n) is 19.4. The summed E-state index contributed by atoms with van der Waals surface area (Å²) in [7, 11) is 1.61. The van der Waals surface area contributed by atoms with Crippen LogP contribution >= 0.6 is 0 Å². The van der Waals surface area contributed by atoms with Crippen LogP contribution in [0.3, 0.4) is 0 Å². The Hall–Kier alpha value is -3.94. The highest BCUT2D eigenvalue weighted by molar-refractivity contribution is 5.92. The van der Waals surface area contributed by atoms with Gasteiger partial charge in [0, 0.05) is 42.4 Å². The van der Waals surface area contributed by atoms with Crippen LogP contribution in [0.2, 0.25) is 0 Å². The van der Waals surface area contributed by atoms with E-state index in [0.29, 0.717) is 36.9 Å². The van der Waals surface area contributed by atoms with E-state index in [1.165, 1.54) is 0 Å². The second kappa shape index (κ2) is 10.8. The number of aromatic nitrogens is 2. The molecule has 0 unspecified atom stereocenters. The first-order chi connectivity index (χ1) is 16.6. The summed E-state index contributed by atoms with van der Waals surface area (Å²) >= 11 is 0. The van der Waals surface area contributed by atoms with Crippen molar-refractivity contribution in [1.82, 2.24) is 15.0 Å². The summed E-state index contributed by atoms with van der Waals surface area (Å²) in [6.07, 6.45) is 5.49. The van der Waals surface area contributed by atoms with Crippen molar-refractivity contribution in [3.05, 3.63) is 66.1 Å². The zero-order chi connectivity index (χ0) is 23.9. The highest BCUT2D eigenvalue weighted by Crippen LogP contribution is 2.29. The van der Waals surface area contributed by atoms with Crippen LogP contribution < -0.4 is 10.1 Å². The van der Waals surface area contributed by atoms with Gasteiger partial charge in [0.05, 0.1) is 13.0 Å². The van der Waals surface area contributed by atoms with Crippen LogP contribution in [0.1, 0.15) is 43.6 Å². The second-order valence-corrected chi connectivity index (χ2v) is 8.14. The zero-order valence-corrected chi connectivity index (χ0v) is 19.4. The molecule has 1 aromatic heterocycles. The Morgan fingerprint density at radius 2 is 2.09 bits per heavy atom. The number of hydrogen-bond donors (Lipinski definition) is 1. The van der Waals surface area contributed by atoms with E-state index in [-0.39, 0.29) is 17.7 Å². The first kappa shape index (κ1) is 23.2. The quantitative estimate of drug-likeness (QED) is 0.521. The molecule has 34 heavy (non-hydrogen) atoms. The van der Waals surface area contributed by atoms with E-state index in [1.807, 2.05) is 53.4 Å². The molecule has 0 bridgehead atoms. The van der Waals surface area contributed by atoms with Crippen LogP contribution in [-0.4, -0.2) is 47.1 Å². The molecule has 0 saturated carbocycles. The molecule has 2 amide bonds. The van der Waals surface area contributed by atoms with E-state index < -0.39 is 0 Å². The number of carbonyl (C=O) groups is 2. The Balaban J connectivity index is 1.43. The van der Waals surface area contributed by atoms with Gasteiger partial charge in [-0.25, -0.2) is 0 Å². The summed E-state index contributed by atoms with van der Waals surface area (Å²) in [5.74, 6) is 1.56. The molecule has 1 saturated heterocycles. The predicted molar refractivity (Wildman–Crippen MR) is 129 cm³/mol. The fourth-order valence-electron chi connectivity index (χ4n) is 3.95. The number of nitrogens with one attached hydrogen (secondary N) is 1. The molecule has 1 aliphatic heterocycles. The van der Waals surface area contributed by atoms with Crippen molar-refractivity contribution in [3.8, 4) is 17.1 Å².